The second-order valence-electron chi connectivity index (χ2n) is 4.15. The lowest BCUT2D eigenvalue weighted by Crippen LogP contribution is -1.98. The molecule has 0 radical (unpaired) electrons. The number of carbonyl (C=O) groups is 1. The third kappa shape index (κ3) is 3.34. The maximum Gasteiger partial charge on any atom is 0.335 e. The highest BCUT2D eigenvalue weighted by molar-refractivity contribution is 7.99. The number of carboxylic acids is 1. The van der Waals surface area contributed by atoms with E-state index in [4.69, 9.17) is 5.11 Å². The standard InChI is InChI=1S/C13H9FN2O4S/c1-7-4-10(16(19)20)12(15-6-7)21-11-5-8(13(17)18)2-3-9(11)14/h2-6H,1H3,(H,17,18). The van der Waals surface area contributed by atoms with Gasteiger partial charge in [0.25, 0.3) is 0 Å². The van der Waals surface area contributed by atoms with Gasteiger partial charge in [0.15, 0.2) is 5.03 Å². The van der Waals surface area contributed by atoms with Crippen LogP contribution in [0.25, 0.3) is 0 Å². The van der Waals surface area contributed by atoms with Crippen LogP contribution in [0.15, 0.2) is 40.4 Å². The Morgan fingerprint density at radius 1 is 1.43 bits per heavy atom. The van der Waals surface area contributed by atoms with Gasteiger partial charge < -0.3 is 5.11 Å². The van der Waals surface area contributed by atoms with Crippen LogP contribution in [0.1, 0.15) is 15.9 Å². The normalized spacial score (nSPS) is 10.4. The fourth-order valence-electron chi connectivity index (χ4n) is 1.57. The van der Waals surface area contributed by atoms with Gasteiger partial charge in [-0.25, -0.2) is 14.2 Å². The molecule has 0 aliphatic rings. The lowest BCUT2D eigenvalue weighted by molar-refractivity contribution is -0.388. The van der Waals surface area contributed by atoms with Crippen molar-refractivity contribution in [2.24, 2.45) is 0 Å². The van der Waals surface area contributed by atoms with Gasteiger partial charge in [0.2, 0.25) is 0 Å². The van der Waals surface area contributed by atoms with Crippen molar-refractivity contribution in [2.45, 2.75) is 16.8 Å². The molecule has 0 saturated carbocycles. The van der Waals surface area contributed by atoms with E-state index in [2.05, 4.69) is 4.98 Å². The average molecular weight is 308 g/mol. The summed E-state index contributed by atoms with van der Waals surface area (Å²) in [6, 6.07) is 4.58. The number of nitro groups is 1. The van der Waals surface area contributed by atoms with E-state index in [0.717, 1.165) is 30.0 Å². The Morgan fingerprint density at radius 3 is 2.76 bits per heavy atom. The van der Waals surface area contributed by atoms with Crippen LogP contribution in [0, 0.1) is 22.9 Å². The van der Waals surface area contributed by atoms with Gasteiger partial charge in [0, 0.05) is 12.3 Å². The van der Waals surface area contributed by atoms with E-state index in [0.29, 0.717) is 5.56 Å². The van der Waals surface area contributed by atoms with Crippen molar-refractivity contribution < 1.29 is 19.2 Å². The highest BCUT2D eigenvalue weighted by Crippen LogP contribution is 2.35. The lowest BCUT2D eigenvalue weighted by atomic mass is 10.2. The van der Waals surface area contributed by atoms with Gasteiger partial charge in [-0.3, -0.25) is 10.1 Å². The van der Waals surface area contributed by atoms with Gasteiger partial charge in [0.1, 0.15) is 5.82 Å². The Balaban J connectivity index is 2.45. The quantitative estimate of drug-likeness (QED) is 0.688. The van der Waals surface area contributed by atoms with E-state index in [1.54, 1.807) is 6.92 Å². The van der Waals surface area contributed by atoms with Gasteiger partial charge in [-0.1, -0.05) is 11.8 Å². The Hall–Kier alpha value is -2.48. The molecule has 0 aliphatic carbocycles. The van der Waals surface area contributed by atoms with Gasteiger partial charge >= 0.3 is 11.7 Å². The molecule has 0 saturated heterocycles. The van der Waals surface area contributed by atoms with Gasteiger partial charge in [-0.2, -0.15) is 0 Å². The maximum absolute atomic E-state index is 13.7. The molecule has 0 aliphatic heterocycles. The molecular weight excluding hydrogens is 299 g/mol. The van der Waals surface area contributed by atoms with Crippen molar-refractivity contribution in [1.29, 1.82) is 0 Å². The number of nitrogens with zero attached hydrogens (tertiary/aromatic N) is 2. The molecule has 1 N–H and O–H groups in total. The molecule has 0 atom stereocenters. The second-order valence-corrected chi connectivity index (χ2v) is 5.18. The zero-order chi connectivity index (χ0) is 15.6. The minimum Gasteiger partial charge on any atom is -0.478 e. The molecule has 2 rings (SSSR count). The molecule has 1 heterocycles. The number of rotatable bonds is 4. The summed E-state index contributed by atoms with van der Waals surface area (Å²) in [5.41, 5.74) is 0.250. The maximum atomic E-state index is 13.7. The monoisotopic (exact) mass is 308 g/mol. The zero-order valence-electron chi connectivity index (χ0n) is 10.7. The highest BCUT2D eigenvalue weighted by Gasteiger charge is 2.19. The van der Waals surface area contributed by atoms with Crippen LogP contribution >= 0.6 is 11.8 Å². The largest absolute Gasteiger partial charge is 0.478 e. The average Bonchev–Trinajstić information content (AvgIpc) is 2.42. The van der Waals surface area contributed by atoms with E-state index >= 15 is 0 Å². The summed E-state index contributed by atoms with van der Waals surface area (Å²) in [6.07, 6.45) is 1.42. The fraction of sp³-hybridized carbons (Fsp3) is 0.0769. The van der Waals surface area contributed by atoms with Crippen LogP contribution in [0.2, 0.25) is 0 Å². The molecule has 1 aromatic carbocycles. The van der Waals surface area contributed by atoms with Crippen molar-refractivity contribution in [2.75, 3.05) is 0 Å². The first-order valence-electron chi connectivity index (χ1n) is 5.70. The number of halogens is 1. The molecule has 0 bridgehead atoms. The number of carboxylic acid groups (broad SMARTS) is 1. The summed E-state index contributed by atoms with van der Waals surface area (Å²) in [6.45, 7) is 1.65. The third-order valence-electron chi connectivity index (χ3n) is 2.55. The third-order valence-corrected chi connectivity index (χ3v) is 3.59. The molecule has 0 amide bonds. The number of benzene rings is 1. The number of aromatic nitrogens is 1. The lowest BCUT2D eigenvalue weighted by Gasteiger charge is -2.05. The summed E-state index contributed by atoms with van der Waals surface area (Å²) >= 11 is 0.718. The summed E-state index contributed by atoms with van der Waals surface area (Å²) in [4.78, 5) is 25.1. The molecule has 6 nitrogen and oxygen atoms in total. The molecule has 1 aromatic heterocycles. The van der Waals surface area contributed by atoms with Crippen LogP contribution in [0.5, 0.6) is 0 Å². The minimum absolute atomic E-state index is 0.00652. The zero-order valence-corrected chi connectivity index (χ0v) is 11.6. The van der Waals surface area contributed by atoms with E-state index in [1.165, 1.54) is 12.3 Å². The number of hydrogen-bond acceptors (Lipinski definition) is 5. The van der Waals surface area contributed by atoms with Crippen molar-refractivity contribution in [3.63, 3.8) is 0 Å². The van der Waals surface area contributed by atoms with Gasteiger partial charge in [0.05, 0.1) is 15.4 Å². The first kappa shape index (κ1) is 14.9. The number of aryl methyl sites for hydroxylation is 1. The topological polar surface area (TPSA) is 93.3 Å². The van der Waals surface area contributed by atoms with Crippen molar-refractivity contribution >= 4 is 23.4 Å². The van der Waals surface area contributed by atoms with Gasteiger partial charge in [-0.05, 0) is 30.7 Å². The predicted octanol–water partition coefficient (Wildman–Crippen LogP) is 3.29. The van der Waals surface area contributed by atoms with Crippen LogP contribution < -0.4 is 0 Å². The minimum atomic E-state index is -1.21. The summed E-state index contributed by atoms with van der Waals surface area (Å²) < 4.78 is 13.7. The molecule has 108 valence electrons. The second kappa shape index (κ2) is 5.88. The van der Waals surface area contributed by atoms with E-state index in [-0.39, 0.29) is 21.2 Å². The number of pyridine rings is 1. The van der Waals surface area contributed by atoms with E-state index in [1.807, 2.05) is 0 Å². The molecule has 0 unspecified atom stereocenters. The Bertz CT molecular complexity index is 736. The number of hydrogen-bond donors (Lipinski definition) is 1. The van der Waals surface area contributed by atoms with Crippen molar-refractivity contribution in [3.8, 4) is 0 Å². The molecule has 0 fully saturated rings. The molecule has 21 heavy (non-hydrogen) atoms. The Kier molecular flexibility index (Phi) is 4.18. The highest BCUT2D eigenvalue weighted by atomic mass is 32.2. The van der Waals surface area contributed by atoms with Crippen LogP contribution in [0.3, 0.4) is 0 Å². The van der Waals surface area contributed by atoms with Crippen LogP contribution in [-0.4, -0.2) is 21.0 Å². The molecule has 2 aromatic rings. The SMILES string of the molecule is Cc1cnc(Sc2cc(C(=O)O)ccc2F)c([N+](=O)[O-])c1. The van der Waals surface area contributed by atoms with E-state index < -0.39 is 16.7 Å². The summed E-state index contributed by atoms with van der Waals surface area (Å²) in [7, 11) is 0. The predicted molar refractivity (Wildman–Crippen MR) is 73.1 cm³/mol. The summed E-state index contributed by atoms with van der Waals surface area (Å²) in [5.74, 6) is -1.87. The van der Waals surface area contributed by atoms with Crippen molar-refractivity contribution in [1.82, 2.24) is 4.98 Å². The molecular formula is C13H9FN2O4S. The van der Waals surface area contributed by atoms with E-state index in [9.17, 15) is 19.3 Å². The Morgan fingerprint density at radius 2 is 2.14 bits per heavy atom. The molecule has 8 heteroatoms. The fourth-order valence-corrected chi connectivity index (χ4v) is 2.47. The smallest absolute Gasteiger partial charge is 0.335 e. The van der Waals surface area contributed by atoms with Crippen LogP contribution in [-0.2, 0) is 0 Å². The Labute approximate surface area is 122 Å². The van der Waals surface area contributed by atoms with Gasteiger partial charge in [-0.15, -0.1) is 0 Å². The van der Waals surface area contributed by atoms with Crippen LogP contribution in [0.4, 0.5) is 10.1 Å². The first-order valence-corrected chi connectivity index (χ1v) is 6.52. The van der Waals surface area contributed by atoms with Crippen molar-refractivity contribution in [3.05, 3.63) is 57.5 Å². The first-order chi connectivity index (χ1) is 9.88. The molecule has 0 spiro atoms. The number of aromatic carboxylic acids is 1. The summed E-state index contributed by atoms with van der Waals surface area (Å²) in [5, 5.41) is 19.9.